The summed E-state index contributed by atoms with van der Waals surface area (Å²) in [7, 11) is 0. The van der Waals surface area contributed by atoms with Crippen molar-refractivity contribution < 1.29 is 23.9 Å². The van der Waals surface area contributed by atoms with Crippen molar-refractivity contribution in [2.45, 2.75) is 6.92 Å². The van der Waals surface area contributed by atoms with Gasteiger partial charge in [-0.1, -0.05) is 55.6 Å². The number of hydrogen-bond acceptors (Lipinski definition) is 5. The summed E-state index contributed by atoms with van der Waals surface area (Å²) in [5.41, 5.74) is 1.10. The first-order chi connectivity index (χ1) is 12.9. The standard InChI is InChI=1S/C22H18O5/c1-4-20(24)27-21-17(11-8-12-19(21)26-22(25)15(2)3)13-14-18(23)16-9-6-5-7-10-16/h4-14H,1-2H2,3H3. The molecule has 5 heteroatoms. The van der Waals surface area contributed by atoms with Gasteiger partial charge in [0.2, 0.25) is 0 Å². The number of benzene rings is 2. The number of rotatable bonds is 7. The van der Waals surface area contributed by atoms with Crippen molar-refractivity contribution >= 4 is 23.8 Å². The van der Waals surface area contributed by atoms with Crippen LogP contribution in [0.4, 0.5) is 0 Å². The molecule has 0 N–H and O–H groups in total. The van der Waals surface area contributed by atoms with E-state index in [2.05, 4.69) is 13.2 Å². The zero-order valence-electron chi connectivity index (χ0n) is 14.8. The van der Waals surface area contributed by atoms with Crippen molar-refractivity contribution in [1.82, 2.24) is 0 Å². The van der Waals surface area contributed by atoms with Gasteiger partial charge >= 0.3 is 11.9 Å². The lowest BCUT2D eigenvalue weighted by Crippen LogP contribution is -2.11. The lowest BCUT2D eigenvalue weighted by Gasteiger charge is -2.12. The van der Waals surface area contributed by atoms with Crippen LogP contribution in [0, 0.1) is 0 Å². The maximum absolute atomic E-state index is 12.3. The van der Waals surface area contributed by atoms with Crippen molar-refractivity contribution in [2.75, 3.05) is 0 Å². The summed E-state index contributed by atoms with van der Waals surface area (Å²) < 4.78 is 10.4. The molecule has 0 saturated carbocycles. The van der Waals surface area contributed by atoms with Gasteiger partial charge in [-0.05, 0) is 25.1 Å². The highest BCUT2D eigenvalue weighted by Crippen LogP contribution is 2.33. The molecule has 0 aromatic heterocycles. The summed E-state index contributed by atoms with van der Waals surface area (Å²) in [6.45, 7) is 8.37. The monoisotopic (exact) mass is 362 g/mol. The molecule has 0 amide bonds. The second kappa shape index (κ2) is 9.10. The molecule has 2 aromatic carbocycles. The van der Waals surface area contributed by atoms with E-state index in [0.717, 1.165) is 6.08 Å². The molecule has 0 aliphatic rings. The number of allylic oxidation sites excluding steroid dienone is 1. The number of ketones is 1. The van der Waals surface area contributed by atoms with Crippen LogP contribution in [-0.2, 0) is 9.59 Å². The van der Waals surface area contributed by atoms with E-state index in [-0.39, 0.29) is 22.9 Å². The minimum absolute atomic E-state index is 0.00844. The third kappa shape index (κ3) is 5.37. The van der Waals surface area contributed by atoms with Crippen molar-refractivity contribution in [2.24, 2.45) is 0 Å². The number of ether oxygens (including phenoxy) is 2. The Balaban J connectivity index is 2.39. The van der Waals surface area contributed by atoms with Gasteiger partial charge < -0.3 is 9.47 Å². The number of carbonyl (C=O) groups is 3. The summed E-state index contributed by atoms with van der Waals surface area (Å²) in [5, 5.41) is 0. The van der Waals surface area contributed by atoms with Crippen LogP contribution in [-0.4, -0.2) is 17.7 Å². The predicted octanol–water partition coefficient (Wildman–Crippen LogP) is 4.16. The minimum atomic E-state index is -0.724. The second-order valence-corrected chi connectivity index (χ2v) is 5.53. The van der Waals surface area contributed by atoms with Crippen LogP contribution in [0.5, 0.6) is 11.5 Å². The Hall–Kier alpha value is -3.73. The molecule has 27 heavy (non-hydrogen) atoms. The van der Waals surface area contributed by atoms with Crippen LogP contribution in [0.3, 0.4) is 0 Å². The van der Waals surface area contributed by atoms with E-state index in [0.29, 0.717) is 11.1 Å². The maximum atomic E-state index is 12.3. The van der Waals surface area contributed by atoms with Crippen molar-refractivity contribution in [3.05, 3.63) is 90.5 Å². The highest BCUT2D eigenvalue weighted by molar-refractivity contribution is 6.07. The molecule has 0 radical (unpaired) electrons. The van der Waals surface area contributed by atoms with E-state index in [1.807, 2.05) is 6.07 Å². The molecule has 0 fully saturated rings. The zero-order valence-corrected chi connectivity index (χ0v) is 14.8. The van der Waals surface area contributed by atoms with Crippen molar-refractivity contribution in [3.8, 4) is 11.5 Å². The summed E-state index contributed by atoms with van der Waals surface area (Å²) in [4.78, 5) is 35.8. The Morgan fingerprint density at radius 3 is 2.30 bits per heavy atom. The van der Waals surface area contributed by atoms with Gasteiger partial charge in [-0.15, -0.1) is 0 Å². The molecule has 0 spiro atoms. The van der Waals surface area contributed by atoms with Crippen LogP contribution in [0.15, 0.2) is 79.4 Å². The van der Waals surface area contributed by atoms with Crippen molar-refractivity contribution in [3.63, 3.8) is 0 Å². The molecule has 0 saturated heterocycles. The van der Waals surface area contributed by atoms with E-state index >= 15 is 0 Å². The van der Waals surface area contributed by atoms with Gasteiger partial charge in [-0.2, -0.15) is 0 Å². The maximum Gasteiger partial charge on any atom is 0.338 e. The number of hydrogen-bond donors (Lipinski definition) is 0. The summed E-state index contributed by atoms with van der Waals surface area (Å²) in [6.07, 6.45) is 3.82. The van der Waals surface area contributed by atoms with Crippen LogP contribution in [0.2, 0.25) is 0 Å². The molecular weight excluding hydrogens is 344 g/mol. The fourth-order valence-corrected chi connectivity index (χ4v) is 2.05. The molecule has 2 aromatic rings. The second-order valence-electron chi connectivity index (χ2n) is 5.53. The molecule has 0 bridgehead atoms. The fraction of sp³-hybridized carbons (Fsp3) is 0.0455. The quantitative estimate of drug-likeness (QED) is 0.320. The molecular formula is C22H18O5. The molecule has 0 aliphatic heterocycles. The average molecular weight is 362 g/mol. The Labute approximate surface area is 157 Å². The summed E-state index contributed by atoms with van der Waals surface area (Å²) >= 11 is 0. The normalized spacial score (nSPS) is 10.3. The lowest BCUT2D eigenvalue weighted by atomic mass is 10.1. The SMILES string of the molecule is C=CC(=O)Oc1c(C=CC(=O)c2ccccc2)cccc1OC(=O)C(=C)C. The van der Waals surface area contributed by atoms with E-state index in [1.54, 1.807) is 36.4 Å². The Morgan fingerprint density at radius 2 is 1.67 bits per heavy atom. The number of esters is 2. The van der Waals surface area contributed by atoms with Gasteiger partial charge in [0.15, 0.2) is 17.3 Å². The molecule has 0 aliphatic carbocycles. The van der Waals surface area contributed by atoms with Crippen LogP contribution >= 0.6 is 0 Å². The van der Waals surface area contributed by atoms with Gasteiger partial charge in [-0.25, -0.2) is 9.59 Å². The Bertz CT molecular complexity index is 923. The smallest absolute Gasteiger partial charge is 0.338 e. The molecule has 0 unspecified atom stereocenters. The topological polar surface area (TPSA) is 69.7 Å². The average Bonchev–Trinajstić information content (AvgIpc) is 2.68. The third-order valence-electron chi connectivity index (χ3n) is 3.40. The van der Waals surface area contributed by atoms with Crippen LogP contribution in [0.1, 0.15) is 22.8 Å². The molecule has 0 heterocycles. The van der Waals surface area contributed by atoms with E-state index in [4.69, 9.17) is 9.47 Å². The third-order valence-corrected chi connectivity index (χ3v) is 3.40. The van der Waals surface area contributed by atoms with Crippen LogP contribution < -0.4 is 9.47 Å². The summed E-state index contributed by atoms with van der Waals surface area (Å²) in [5.74, 6) is -1.56. The van der Waals surface area contributed by atoms with E-state index in [9.17, 15) is 14.4 Å². The van der Waals surface area contributed by atoms with Gasteiger partial charge in [0.1, 0.15) is 0 Å². The largest absolute Gasteiger partial charge is 0.419 e. The first-order valence-corrected chi connectivity index (χ1v) is 8.04. The number of carbonyl (C=O) groups excluding carboxylic acids is 3. The van der Waals surface area contributed by atoms with E-state index < -0.39 is 11.9 Å². The molecule has 0 atom stereocenters. The molecule has 2 rings (SSSR count). The van der Waals surface area contributed by atoms with E-state index in [1.165, 1.54) is 25.1 Å². The Kier molecular flexibility index (Phi) is 6.61. The van der Waals surface area contributed by atoms with Crippen LogP contribution in [0.25, 0.3) is 6.08 Å². The Morgan fingerprint density at radius 1 is 0.963 bits per heavy atom. The number of para-hydroxylation sites is 1. The lowest BCUT2D eigenvalue weighted by molar-refractivity contribution is -0.132. The van der Waals surface area contributed by atoms with Gasteiger partial charge in [0.05, 0.1) is 0 Å². The molecule has 5 nitrogen and oxygen atoms in total. The fourth-order valence-electron chi connectivity index (χ4n) is 2.05. The highest BCUT2D eigenvalue weighted by Gasteiger charge is 2.16. The van der Waals surface area contributed by atoms with Gasteiger partial charge in [0.25, 0.3) is 0 Å². The van der Waals surface area contributed by atoms with Crippen molar-refractivity contribution in [1.29, 1.82) is 0 Å². The first-order valence-electron chi connectivity index (χ1n) is 8.04. The summed E-state index contributed by atoms with van der Waals surface area (Å²) in [6, 6.07) is 13.4. The molecule has 136 valence electrons. The predicted molar refractivity (Wildman–Crippen MR) is 103 cm³/mol. The first kappa shape index (κ1) is 19.6. The van der Waals surface area contributed by atoms with Gasteiger partial charge in [0, 0.05) is 22.8 Å². The minimum Gasteiger partial charge on any atom is -0.419 e. The zero-order chi connectivity index (χ0) is 19.8. The highest BCUT2D eigenvalue weighted by atomic mass is 16.6. The van der Waals surface area contributed by atoms with Gasteiger partial charge in [-0.3, -0.25) is 4.79 Å².